The van der Waals surface area contributed by atoms with Gasteiger partial charge < -0.3 is 34.3 Å². The van der Waals surface area contributed by atoms with Crippen molar-refractivity contribution in [1.82, 2.24) is 0 Å². The van der Waals surface area contributed by atoms with Gasteiger partial charge in [0.15, 0.2) is 12.4 Å². The van der Waals surface area contributed by atoms with E-state index in [9.17, 15) is 37.9 Å². The van der Waals surface area contributed by atoms with Gasteiger partial charge in [0.05, 0.1) is 6.61 Å². The quantitative estimate of drug-likeness (QED) is 0.0196. The third-order valence-electron chi connectivity index (χ3n) is 11.8. The fourth-order valence-electron chi connectivity index (χ4n) is 7.65. The molecule has 0 aromatic rings. The number of unbranched alkanes of at least 4 members (excludes halogenated alkanes) is 20. The van der Waals surface area contributed by atoms with E-state index in [-0.39, 0.29) is 19.4 Å². The van der Waals surface area contributed by atoms with Crippen LogP contribution >= 0.6 is 0 Å². The van der Waals surface area contributed by atoms with Crippen LogP contribution in [0.3, 0.4) is 0 Å². The smallest absolute Gasteiger partial charge is 0.306 e. The lowest BCUT2D eigenvalue weighted by molar-refractivity contribution is -0.297. The number of rotatable bonds is 44. The van der Waals surface area contributed by atoms with Crippen LogP contribution in [0.2, 0.25) is 0 Å². The summed E-state index contributed by atoms with van der Waals surface area (Å²) >= 11 is 0. The van der Waals surface area contributed by atoms with Crippen molar-refractivity contribution in [3.63, 3.8) is 0 Å². The number of aliphatic hydroxyl groups is 3. The molecule has 1 rings (SSSR count). The van der Waals surface area contributed by atoms with Gasteiger partial charge in [-0.15, -0.1) is 0 Å². The Kier molecular flexibility index (Phi) is 40.9. The van der Waals surface area contributed by atoms with Crippen LogP contribution in [0.25, 0.3) is 0 Å². The van der Waals surface area contributed by atoms with Gasteiger partial charge in [-0.05, 0) is 77.0 Å². The first-order valence-corrected chi connectivity index (χ1v) is 28.1. The van der Waals surface area contributed by atoms with Gasteiger partial charge in [-0.25, -0.2) is 0 Å². The third-order valence-corrected chi connectivity index (χ3v) is 12.5. The summed E-state index contributed by atoms with van der Waals surface area (Å²) in [6.07, 6.45) is 48.1. The lowest BCUT2D eigenvalue weighted by Gasteiger charge is -2.40. The lowest BCUT2D eigenvalue weighted by Crippen LogP contribution is -2.60. The van der Waals surface area contributed by atoms with Crippen LogP contribution in [0.5, 0.6) is 0 Å². The van der Waals surface area contributed by atoms with E-state index in [4.69, 9.17) is 18.9 Å². The summed E-state index contributed by atoms with van der Waals surface area (Å²) in [4.78, 5) is 25.5. The number of allylic oxidation sites excluding steroid dienone is 12. The summed E-state index contributed by atoms with van der Waals surface area (Å²) in [5, 5.41) is 31.0. The van der Waals surface area contributed by atoms with Crippen molar-refractivity contribution >= 4 is 22.1 Å². The standard InChI is InChI=1S/C55H94O12S/c1-3-5-7-9-11-13-15-17-19-21-23-24-26-27-29-31-33-35-37-39-41-43-50(56)64-45-48(46-65-55-54(60)53(59)52(58)49(67-55)47-68(61,62)63)66-51(57)44-42-40-38-36-34-32-30-28-25-22-20-18-16-14-12-10-8-6-4-2/h12,14,17-20,25,28,32,34,38,40,48-49,52-55,58-60H,3-11,13,15-16,21-24,26-27,29-31,33,35-37,39,41-47H2,1-2H3,(H,61,62,63)/b14-12+,19-17+,20-18+,28-25+,34-32+,40-38+/t48-,49-,52-,53?,54?,55+/m1/s1. The van der Waals surface area contributed by atoms with Gasteiger partial charge in [-0.3, -0.25) is 14.1 Å². The number of ether oxygens (including phenoxy) is 4. The average molecular weight is 979 g/mol. The number of aliphatic hydroxyl groups excluding tert-OH is 3. The van der Waals surface area contributed by atoms with E-state index in [1.165, 1.54) is 116 Å². The van der Waals surface area contributed by atoms with Crippen molar-refractivity contribution < 1.29 is 56.8 Å². The Bertz CT molecular complexity index is 1520. The minimum Gasteiger partial charge on any atom is -0.462 e. The molecule has 0 saturated carbocycles. The van der Waals surface area contributed by atoms with Crippen LogP contribution in [0, 0.1) is 0 Å². The van der Waals surface area contributed by atoms with Gasteiger partial charge in [-0.1, -0.05) is 189 Å². The largest absolute Gasteiger partial charge is 0.462 e. The molecule has 1 heterocycles. The zero-order chi connectivity index (χ0) is 49.8. The van der Waals surface area contributed by atoms with Crippen molar-refractivity contribution in [1.29, 1.82) is 0 Å². The Hall–Kier alpha value is -2.91. The van der Waals surface area contributed by atoms with E-state index < -0.39 is 71.2 Å². The minimum atomic E-state index is -4.62. The molecule has 4 N–H and O–H groups in total. The highest BCUT2D eigenvalue weighted by Crippen LogP contribution is 2.24. The zero-order valence-corrected chi connectivity index (χ0v) is 43.0. The SMILES string of the molecule is CCCCC/C=C/C/C=C/C/C=C/C/C=C/C/C=C/CCC(=O)O[C@H](COC(=O)CCCCCCCCCCCCC/C=C/CCCCCCCC)CO[C@H]1O[C@H](CS(=O)(=O)O)[C@@H](O)C(O)C1O. The second-order valence-electron chi connectivity index (χ2n) is 18.2. The molecular weight excluding hydrogens is 885 g/mol. The third kappa shape index (κ3) is 37.9. The van der Waals surface area contributed by atoms with Crippen LogP contribution in [0.15, 0.2) is 72.9 Å². The van der Waals surface area contributed by atoms with Crippen LogP contribution < -0.4 is 0 Å². The molecule has 1 aliphatic heterocycles. The predicted molar refractivity (Wildman–Crippen MR) is 275 cm³/mol. The highest BCUT2D eigenvalue weighted by Gasteiger charge is 2.46. The second-order valence-corrected chi connectivity index (χ2v) is 19.7. The van der Waals surface area contributed by atoms with E-state index in [2.05, 4.69) is 74.6 Å². The maximum Gasteiger partial charge on any atom is 0.306 e. The molecule has 13 heteroatoms. The summed E-state index contributed by atoms with van der Waals surface area (Å²) < 4.78 is 54.2. The summed E-state index contributed by atoms with van der Waals surface area (Å²) in [7, 11) is -4.62. The number of esters is 2. The Labute approximate surface area is 412 Å². The molecule has 1 aliphatic rings. The monoisotopic (exact) mass is 979 g/mol. The van der Waals surface area contributed by atoms with Crippen LogP contribution in [-0.4, -0.2) is 96.0 Å². The van der Waals surface area contributed by atoms with Crippen molar-refractivity contribution in [2.45, 2.75) is 243 Å². The summed E-state index contributed by atoms with van der Waals surface area (Å²) in [5.41, 5.74) is 0. The fraction of sp³-hybridized carbons (Fsp3) is 0.745. The molecule has 12 nitrogen and oxygen atoms in total. The summed E-state index contributed by atoms with van der Waals surface area (Å²) in [5.74, 6) is -2.09. The molecular formula is C55H94O12S. The number of hydrogen-bond donors (Lipinski definition) is 4. The Balaban J connectivity index is 2.41. The number of hydrogen-bond acceptors (Lipinski definition) is 11. The normalized spacial score (nSPS) is 19.8. The van der Waals surface area contributed by atoms with Gasteiger partial charge in [0.1, 0.15) is 36.8 Å². The average Bonchev–Trinajstić information content (AvgIpc) is 3.31. The molecule has 0 spiro atoms. The first kappa shape index (κ1) is 63.1. The Morgan fingerprint density at radius 3 is 1.41 bits per heavy atom. The molecule has 1 fully saturated rings. The number of carbonyl (C=O) groups excluding carboxylic acids is 2. The molecule has 0 aliphatic carbocycles. The molecule has 0 aromatic heterocycles. The van der Waals surface area contributed by atoms with Gasteiger partial charge in [0.2, 0.25) is 0 Å². The predicted octanol–water partition coefficient (Wildman–Crippen LogP) is 12.2. The highest BCUT2D eigenvalue weighted by molar-refractivity contribution is 7.85. The van der Waals surface area contributed by atoms with Crippen molar-refractivity contribution in [3.8, 4) is 0 Å². The molecule has 68 heavy (non-hydrogen) atoms. The highest BCUT2D eigenvalue weighted by atomic mass is 32.2. The van der Waals surface area contributed by atoms with E-state index in [1.54, 1.807) is 0 Å². The zero-order valence-electron chi connectivity index (χ0n) is 42.2. The van der Waals surface area contributed by atoms with Gasteiger partial charge >= 0.3 is 11.9 Å². The summed E-state index contributed by atoms with van der Waals surface area (Å²) in [6, 6.07) is 0. The Morgan fingerprint density at radius 1 is 0.500 bits per heavy atom. The Morgan fingerprint density at radius 2 is 0.912 bits per heavy atom. The van der Waals surface area contributed by atoms with Crippen LogP contribution in [0.1, 0.15) is 206 Å². The summed E-state index contributed by atoms with van der Waals surface area (Å²) in [6.45, 7) is 3.69. The van der Waals surface area contributed by atoms with Crippen molar-refractivity contribution in [2.24, 2.45) is 0 Å². The first-order valence-electron chi connectivity index (χ1n) is 26.5. The minimum absolute atomic E-state index is 0.0384. The van der Waals surface area contributed by atoms with Gasteiger partial charge in [0, 0.05) is 12.8 Å². The topological polar surface area (TPSA) is 186 Å². The van der Waals surface area contributed by atoms with E-state index >= 15 is 0 Å². The molecule has 0 bridgehead atoms. The molecule has 392 valence electrons. The van der Waals surface area contributed by atoms with Crippen molar-refractivity contribution in [3.05, 3.63) is 72.9 Å². The van der Waals surface area contributed by atoms with Gasteiger partial charge in [0.25, 0.3) is 10.1 Å². The van der Waals surface area contributed by atoms with E-state index in [1.807, 2.05) is 12.2 Å². The second kappa shape index (κ2) is 44.1. The molecule has 0 amide bonds. The van der Waals surface area contributed by atoms with Crippen LogP contribution in [0.4, 0.5) is 0 Å². The van der Waals surface area contributed by atoms with E-state index in [0.29, 0.717) is 19.3 Å². The maximum absolute atomic E-state index is 12.8. The molecule has 6 atom stereocenters. The molecule has 0 radical (unpaired) electrons. The molecule has 1 saturated heterocycles. The number of carbonyl (C=O) groups is 2. The fourth-order valence-corrected chi connectivity index (χ4v) is 8.35. The van der Waals surface area contributed by atoms with Crippen molar-refractivity contribution in [2.75, 3.05) is 19.0 Å². The molecule has 2 unspecified atom stereocenters. The maximum atomic E-state index is 12.8. The molecule has 0 aromatic carbocycles. The van der Waals surface area contributed by atoms with E-state index in [0.717, 1.165) is 44.9 Å². The first-order chi connectivity index (χ1) is 33.0. The van der Waals surface area contributed by atoms with Crippen LogP contribution in [-0.2, 0) is 38.7 Å². The van der Waals surface area contributed by atoms with Gasteiger partial charge in [-0.2, -0.15) is 8.42 Å². The lowest BCUT2D eigenvalue weighted by atomic mass is 10.00.